The Hall–Kier alpha value is -2.89. The highest BCUT2D eigenvalue weighted by atomic mass is 16.2. The largest absolute Gasteiger partial charge is 0.339 e. The Bertz CT molecular complexity index is 728. The second-order valence-corrected chi connectivity index (χ2v) is 5.32. The lowest BCUT2D eigenvalue weighted by Crippen LogP contribution is -2.30. The van der Waals surface area contributed by atoms with Crippen LogP contribution in [0.3, 0.4) is 0 Å². The molecular formula is C18H22N4O2. The van der Waals surface area contributed by atoms with E-state index in [0.29, 0.717) is 24.3 Å². The zero-order valence-corrected chi connectivity index (χ0v) is 14.2. The van der Waals surface area contributed by atoms with Crippen LogP contribution in [0.1, 0.15) is 29.8 Å². The first-order valence-electron chi connectivity index (χ1n) is 7.90. The SMILES string of the molecule is CCN(CC)C(=O)c1ccc(NC(=O)/C=C/c2cnn(C)c2)cc1. The average Bonchev–Trinajstić information content (AvgIpc) is 3.00. The molecule has 0 saturated carbocycles. The van der Waals surface area contributed by atoms with Crippen LogP contribution < -0.4 is 5.32 Å². The van der Waals surface area contributed by atoms with Gasteiger partial charge < -0.3 is 10.2 Å². The van der Waals surface area contributed by atoms with Crippen LogP contribution in [0.2, 0.25) is 0 Å². The van der Waals surface area contributed by atoms with Crippen LogP contribution in [0.25, 0.3) is 6.08 Å². The van der Waals surface area contributed by atoms with Gasteiger partial charge in [0.2, 0.25) is 5.91 Å². The molecule has 6 heteroatoms. The van der Waals surface area contributed by atoms with E-state index in [1.165, 1.54) is 6.08 Å². The summed E-state index contributed by atoms with van der Waals surface area (Å²) in [6.45, 7) is 5.25. The van der Waals surface area contributed by atoms with Crippen molar-refractivity contribution >= 4 is 23.6 Å². The summed E-state index contributed by atoms with van der Waals surface area (Å²) < 4.78 is 1.67. The van der Waals surface area contributed by atoms with Gasteiger partial charge >= 0.3 is 0 Å². The highest BCUT2D eigenvalue weighted by Gasteiger charge is 2.12. The number of aromatic nitrogens is 2. The molecule has 0 saturated heterocycles. The molecular weight excluding hydrogens is 304 g/mol. The highest BCUT2D eigenvalue weighted by Crippen LogP contribution is 2.12. The molecule has 24 heavy (non-hydrogen) atoms. The van der Waals surface area contributed by atoms with Crippen LogP contribution in [0.5, 0.6) is 0 Å². The number of aryl methyl sites for hydroxylation is 1. The molecule has 0 spiro atoms. The van der Waals surface area contributed by atoms with E-state index >= 15 is 0 Å². The minimum Gasteiger partial charge on any atom is -0.339 e. The van der Waals surface area contributed by atoms with Gasteiger partial charge in [-0.3, -0.25) is 14.3 Å². The highest BCUT2D eigenvalue weighted by molar-refractivity contribution is 6.02. The number of nitrogens with one attached hydrogen (secondary N) is 1. The monoisotopic (exact) mass is 326 g/mol. The molecule has 0 aliphatic heterocycles. The smallest absolute Gasteiger partial charge is 0.253 e. The number of anilines is 1. The van der Waals surface area contributed by atoms with Gasteiger partial charge in [0.15, 0.2) is 0 Å². The molecule has 0 fully saturated rings. The summed E-state index contributed by atoms with van der Waals surface area (Å²) >= 11 is 0. The molecule has 2 aromatic rings. The molecule has 0 bridgehead atoms. The molecule has 1 heterocycles. The first-order valence-corrected chi connectivity index (χ1v) is 7.90. The number of hydrogen-bond acceptors (Lipinski definition) is 3. The quantitative estimate of drug-likeness (QED) is 0.830. The third-order valence-corrected chi connectivity index (χ3v) is 3.60. The van der Waals surface area contributed by atoms with E-state index in [4.69, 9.17) is 0 Å². The maximum absolute atomic E-state index is 12.2. The molecule has 1 aromatic heterocycles. The number of rotatable bonds is 6. The Balaban J connectivity index is 1.97. The number of carbonyl (C=O) groups is 2. The average molecular weight is 326 g/mol. The summed E-state index contributed by atoms with van der Waals surface area (Å²) in [5.41, 5.74) is 2.11. The fourth-order valence-corrected chi connectivity index (χ4v) is 2.27. The molecule has 126 valence electrons. The molecule has 0 aliphatic carbocycles. The number of benzene rings is 1. The molecule has 1 aromatic carbocycles. The van der Waals surface area contributed by atoms with Crippen LogP contribution in [-0.2, 0) is 11.8 Å². The van der Waals surface area contributed by atoms with Crippen LogP contribution in [0.15, 0.2) is 42.7 Å². The third-order valence-electron chi connectivity index (χ3n) is 3.60. The molecule has 0 unspecified atom stereocenters. The minimum atomic E-state index is -0.235. The maximum Gasteiger partial charge on any atom is 0.253 e. The van der Waals surface area contributed by atoms with Crippen LogP contribution >= 0.6 is 0 Å². The van der Waals surface area contributed by atoms with E-state index in [1.54, 1.807) is 46.1 Å². The summed E-state index contributed by atoms with van der Waals surface area (Å²) in [7, 11) is 1.82. The fraction of sp³-hybridized carbons (Fsp3) is 0.278. The van der Waals surface area contributed by atoms with Gasteiger partial charge in [0.25, 0.3) is 5.91 Å². The molecule has 2 rings (SSSR count). The van der Waals surface area contributed by atoms with Crippen molar-refractivity contribution in [3.63, 3.8) is 0 Å². The maximum atomic E-state index is 12.2. The molecule has 2 amide bonds. The van der Waals surface area contributed by atoms with Crippen molar-refractivity contribution < 1.29 is 9.59 Å². The minimum absolute atomic E-state index is 0.00523. The number of amides is 2. The van der Waals surface area contributed by atoms with E-state index in [1.807, 2.05) is 27.1 Å². The molecule has 0 radical (unpaired) electrons. The van der Waals surface area contributed by atoms with Crippen molar-refractivity contribution in [3.8, 4) is 0 Å². The van der Waals surface area contributed by atoms with E-state index in [9.17, 15) is 9.59 Å². The van der Waals surface area contributed by atoms with Crippen molar-refractivity contribution in [2.45, 2.75) is 13.8 Å². The Morgan fingerprint density at radius 1 is 1.21 bits per heavy atom. The lowest BCUT2D eigenvalue weighted by Gasteiger charge is -2.18. The van der Waals surface area contributed by atoms with Gasteiger partial charge in [-0.25, -0.2) is 0 Å². The van der Waals surface area contributed by atoms with E-state index < -0.39 is 0 Å². The predicted octanol–water partition coefficient (Wildman–Crippen LogP) is 2.55. The lowest BCUT2D eigenvalue weighted by atomic mass is 10.1. The lowest BCUT2D eigenvalue weighted by molar-refractivity contribution is -0.111. The van der Waals surface area contributed by atoms with Gasteiger partial charge in [0, 0.05) is 49.2 Å². The third kappa shape index (κ3) is 4.55. The first-order chi connectivity index (χ1) is 11.5. The van der Waals surface area contributed by atoms with E-state index in [2.05, 4.69) is 10.4 Å². The summed E-state index contributed by atoms with van der Waals surface area (Å²) in [5.74, 6) is -0.240. The number of hydrogen-bond donors (Lipinski definition) is 1. The van der Waals surface area contributed by atoms with Crippen molar-refractivity contribution in [3.05, 3.63) is 53.9 Å². The fourth-order valence-electron chi connectivity index (χ4n) is 2.27. The summed E-state index contributed by atoms with van der Waals surface area (Å²) in [6.07, 6.45) is 6.64. The number of carbonyl (C=O) groups excluding carboxylic acids is 2. The van der Waals surface area contributed by atoms with Crippen molar-refractivity contribution in [1.82, 2.24) is 14.7 Å². The molecule has 0 atom stereocenters. The van der Waals surface area contributed by atoms with Crippen LogP contribution in [0, 0.1) is 0 Å². The first kappa shape index (κ1) is 17.5. The van der Waals surface area contributed by atoms with Gasteiger partial charge in [-0.05, 0) is 44.2 Å². The van der Waals surface area contributed by atoms with Gasteiger partial charge in [0.1, 0.15) is 0 Å². The summed E-state index contributed by atoms with van der Waals surface area (Å²) in [4.78, 5) is 25.9. The van der Waals surface area contributed by atoms with Crippen LogP contribution in [-0.4, -0.2) is 39.6 Å². The van der Waals surface area contributed by atoms with E-state index in [-0.39, 0.29) is 11.8 Å². The Morgan fingerprint density at radius 3 is 2.42 bits per heavy atom. The Labute approximate surface area is 141 Å². The van der Waals surface area contributed by atoms with Crippen molar-refractivity contribution in [2.24, 2.45) is 7.05 Å². The number of nitrogens with zero attached hydrogens (tertiary/aromatic N) is 3. The predicted molar refractivity (Wildman–Crippen MR) is 94.6 cm³/mol. The summed E-state index contributed by atoms with van der Waals surface area (Å²) in [5, 5.41) is 6.80. The molecule has 0 aliphatic rings. The topological polar surface area (TPSA) is 67.2 Å². The van der Waals surface area contributed by atoms with Gasteiger partial charge in [-0.15, -0.1) is 0 Å². The molecule has 1 N–H and O–H groups in total. The second-order valence-electron chi connectivity index (χ2n) is 5.32. The van der Waals surface area contributed by atoms with Crippen LogP contribution in [0.4, 0.5) is 5.69 Å². The zero-order valence-electron chi connectivity index (χ0n) is 14.2. The summed E-state index contributed by atoms with van der Waals surface area (Å²) in [6, 6.07) is 6.90. The van der Waals surface area contributed by atoms with Gasteiger partial charge in [-0.1, -0.05) is 0 Å². The standard InChI is InChI=1S/C18H22N4O2/c1-4-22(5-2)18(24)15-7-9-16(10-8-15)20-17(23)11-6-14-12-19-21(3)13-14/h6-13H,4-5H2,1-3H3,(H,20,23)/b11-6+. The normalized spacial score (nSPS) is 10.8. The zero-order chi connectivity index (χ0) is 17.5. The van der Waals surface area contributed by atoms with E-state index in [0.717, 1.165) is 5.56 Å². The Kier molecular flexibility index (Phi) is 5.89. The van der Waals surface area contributed by atoms with Gasteiger partial charge in [0.05, 0.1) is 6.20 Å². The van der Waals surface area contributed by atoms with Crippen molar-refractivity contribution in [2.75, 3.05) is 18.4 Å². The Morgan fingerprint density at radius 2 is 1.88 bits per heavy atom. The van der Waals surface area contributed by atoms with Gasteiger partial charge in [-0.2, -0.15) is 5.10 Å². The molecule has 6 nitrogen and oxygen atoms in total. The van der Waals surface area contributed by atoms with Crippen molar-refractivity contribution in [1.29, 1.82) is 0 Å². The second kappa shape index (κ2) is 8.10.